The molecule has 0 spiro atoms. The molecule has 0 radical (unpaired) electrons. The van der Waals surface area contributed by atoms with Gasteiger partial charge in [0.2, 0.25) is 0 Å². The summed E-state index contributed by atoms with van der Waals surface area (Å²) < 4.78 is 64.0. The topological polar surface area (TPSA) is 269 Å². The Morgan fingerprint density at radius 1 is 0.727 bits per heavy atom. The number of hydrogen-bond donors (Lipinski definition) is 6. The van der Waals surface area contributed by atoms with Crippen molar-refractivity contribution in [2.45, 2.75) is 49.1 Å². The third kappa shape index (κ3) is 5.27. The van der Waals surface area contributed by atoms with Crippen LogP contribution in [0, 0.1) is 0 Å². The van der Waals surface area contributed by atoms with Crippen molar-refractivity contribution in [3.8, 4) is 0 Å². The molecule has 3 aliphatic rings. The first-order valence-corrected chi connectivity index (χ1v) is 18.2. The SMILES string of the molecule is Nc1ncnc2c1ncn2C1O[C@@H]2CO[P@@](=O)(S)O[C@H]3[C@@H](O)[C@H](n4cnc5c(N)ncnc54)O[C@@H]3CO[P@@](=O)(S)O[C@@H]1[C@@H]2O. The largest absolute Gasteiger partial charge is 0.387 e. The van der Waals surface area contributed by atoms with Crippen molar-refractivity contribution in [2.24, 2.45) is 0 Å². The van der Waals surface area contributed by atoms with E-state index in [0.717, 1.165) is 0 Å². The zero-order valence-corrected chi connectivity index (χ0v) is 25.6. The van der Waals surface area contributed by atoms with E-state index in [-0.39, 0.29) is 34.0 Å². The zero-order valence-electron chi connectivity index (χ0n) is 22.0. The van der Waals surface area contributed by atoms with Gasteiger partial charge in [-0.25, -0.2) is 39.0 Å². The maximum atomic E-state index is 13.5. The average molecular weight is 691 g/mol. The fourth-order valence-electron chi connectivity index (χ4n) is 5.22. The predicted molar refractivity (Wildman–Crippen MR) is 154 cm³/mol. The van der Waals surface area contributed by atoms with Gasteiger partial charge in [-0.3, -0.25) is 27.2 Å². The first-order valence-electron chi connectivity index (χ1n) is 12.8. The highest BCUT2D eigenvalue weighted by Crippen LogP contribution is 2.60. The molecular formula is C20H24N10O10P2S2. The Balaban J connectivity index is 1.20. The molecule has 0 aromatic carbocycles. The quantitative estimate of drug-likeness (QED) is 0.121. The van der Waals surface area contributed by atoms with E-state index in [2.05, 4.69) is 54.4 Å². The van der Waals surface area contributed by atoms with Crippen LogP contribution in [0.25, 0.3) is 22.3 Å². The number of ether oxygens (including phenoxy) is 2. The van der Waals surface area contributed by atoms with Gasteiger partial charge in [-0.2, -0.15) is 0 Å². The molecule has 3 aliphatic heterocycles. The van der Waals surface area contributed by atoms with Crippen molar-refractivity contribution in [1.82, 2.24) is 39.0 Å². The Bertz CT molecular complexity index is 1830. The van der Waals surface area contributed by atoms with Crippen molar-refractivity contribution in [2.75, 3.05) is 24.7 Å². The Kier molecular flexibility index (Phi) is 7.63. The third-order valence-corrected chi connectivity index (χ3v) is 10.5. The minimum absolute atomic E-state index is 0.0920. The second-order valence-electron chi connectivity index (χ2n) is 9.95. The van der Waals surface area contributed by atoms with Gasteiger partial charge in [0.25, 0.3) is 0 Å². The number of aliphatic hydroxyl groups is 2. The van der Waals surface area contributed by atoms with E-state index in [4.69, 9.17) is 39.0 Å². The van der Waals surface area contributed by atoms with Gasteiger partial charge in [0.1, 0.15) is 60.3 Å². The highest BCUT2D eigenvalue weighted by atomic mass is 32.7. The van der Waals surface area contributed by atoms with E-state index in [1.54, 1.807) is 0 Å². The summed E-state index contributed by atoms with van der Waals surface area (Å²) in [6.45, 7) is -9.67. The lowest BCUT2D eigenvalue weighted by Gasteiger charge is -2.26. The summed E-state index contributed by atoms with van der Waals surface area (Å²) in [5, 5.41) is 22.4. The van der Waals surface area contributed by atoms with Crippen molar-refractivity contribution >= 4 is 72.1 Å². The molecule has 10 atom stereocenters. The van der Waals surface area contributed by atoms with Gasteiger partial charge in [0, 0.05) is 0 Å². The maximum absolute atomic E-state index is 13.5. The van der Waals surface area contributed by atoms with E-state index in [9.17, 15) is 19.3 Å². The maximum Gasteiger partial charge on any atom is 0.386 e. The Morgan fingerprint density at radius 2 is 1.23 bits per heavy atom. The van der Waals surface area contributed by atoms with Crippen LogP contribution in [0.2, 0.25) is 0 Å². The minimum atomic E-state index is -4.31. The van der Waals surface area contributed by atoms with E-state index < -0.39 is 75.9 Å². The molecule has 3 fully saturated rings. The van der Waals surface area contributed by atoms with Gasteiger partial charge < -0.3 is 31.2 Å². The first kappa shape index (κ1) is 30.2. The summed E-state index contributed by atoms with van der Waals surface area (Å²) in [5.41, 5.74) is 12.7. The van der Waals surface area contributed by atoms with E-state index in [0.29, 0.717) is 0 Å². The van der Waals surface area contributed by atoms with Crippen LogP contribution in [0.15, 0.2) is 25.3 Å². The normalized spacial score (nSPS) is 38.3. The number of rotatable bonds is 2. The minimum Gasteiger partial charge on any atom is -0.387 e. The number of nitrogens with two attached hydrogens (primary N) is 2. The van der Waals surface area contributed by atoms with Crippen LogP contribution in [0.4, 0.5) is 11.6 Å². The molecule has 7 heterocycles. The number of aliphatic hydroxyl groups excluding tert-OH is 2. The number of anilines is 2. The molecule has 2 bridgehead atoms. The van der Waals surface area contributed by atoms with Crippen LogP contribution in [0.5, 0.6) is 0 Å². The molecule has 3 saturated heterocycles. The molecule has 236 valence electrons. The lowest BCUT2D eigenvalue weighted by Crippen LogP contribution is -2.35. The summed E-state index contributed by atoms with van der Waals surface area (Å²) >= 11 is 8.17. The number of nitrogens with zero attached hydrogens (tertiary/aromatic N) is 8. The van der Waals surface area contributed by atoms with Crippen molar-refractivity contribution in [3.05, 3.63) is 25.3 Å². The van der Waals surface area contributed by atoms with Crippen LogP contribution < -0.4 is 11.5 Å². The highest BCUT2D eigenvalue weighted by molar-refractivity contribution is 8.44. The molecule has 0 aliphatic carbocycles. The molecule has 6 N–H and O–H groups in total. The van der Waals surface area contributed by atoms with Crippen molar-refractivity contribution in [3.63, 3.8) is 0 Å². The van der Waals surface area contributed by atoms with E-state index in [1.807, 2.05) is 0 Å². The molecule has 0 amide bonds. The average Bonchev–Trinajstić information content (AvgIpc) is 3.73. The number of hydrogen-bond acceptors (Lipinski definition) is 18. The molecule has 4 aromatic rings. The Labute approximate surface area is 256 Å². The Hall–Kier alpha value is -2.46. The molecule has 4 aromatic heterocycles. The molecule has 24 heteroatoms. The van der Waals surface area contributed by atoms with Crippen LogP contribution in [0.1, 0.15) is 12.5 Å². The summed E-state index contributed by atoms with van der Waals surface area (Å²) in [6.07, 6.45) is -5.58. The molecule has 0 saturated carbocycles. The van der Waals surface area contributed by atoms with Crippen LogP contribution >= 0.6 is 38.1 Å². The zero-order chi connectivity index (χ0) is 31.0. The van der Waals surface area contributed by atoms with Crippen molar-refractivity contribution in [1.29, 1.82) is 0 Å². The van der Waals surface area contributed by atoms with Gasteiger partial charge in [0.05, 0.1) is 25.9 Å². The number of fused-ring (bicyclic) bond motifs is 5. The summed E-state index contributed by atoms with van der Waals surface area (Å²) in [6, 6.07) is 0. The molecule has 1 unspecified atom stereocenters. The second-order valence-corrected chi connectivity index (χ2v) is 15.7. The van der Waals surface area contributed by atoms with E-state index >= 15 is 0 Å². The Morgan fingerprint density at radius 3 is 1.82 bits per heavy atom. The number of aromatic nitrogens is 8. The number of nitrogen functional groups attached to an aromatic ring is 2. The second kappa shape index (κ2) is 11.1. The van der Waals surface area contributed by atoms with Crippen LogP contribution in [-0.2, 0) is 36.7 Å². The number of imidazole rings is 2. The summed E-state index contributed by atoms with van der Waals surface area (Å²) in [4.78, 5) is 24.5. The standard InChI is InChI=1S/C20H24N10O10P2S2/c21-15-9-17(25-3-23-15)29(5-27-9)19-12(32)13-8(38-19)2-36-42(34,44)40-14-11(31)7(1-35-41(33,43)39-13)37-20(14)30-6-28-10-16(22)24-4-26-18(10)30/h3-8,11-14,19-20,31-32H,1-2H2,(H,33,43)(H,34,44)(H2,21,23,25)(H2,22,24,26)/t7-,8-,11-,12-,13-,14-,19-,20?,41-,42-/m1/s1. The fraction of sp³-hybridized carbons (Fsp3) is 0.500. The van der Waals surface area contributed by atoms with Gasteiger partial charge in [0.15, 0.2) is 35.4 Å². The van der Waals surface area contributed by atoms with E-state index in [1.165, 1.54) is 34.4 Å². The first-order chi connectivity index (χ1) is 20.9. The monoisotopic (exact) mass is 690 g/mol. The predicted octanol–water partition coefficient (Wildman–Crippen LogP) is 0.240. The van der Waals surface area contributed by atoms with Gasteiger partial charge in [-0.1, -0.05) is 24.5 Å². The molecule has 44 heavy (non-hydrogen) atoms. The van der Waals surface area contributed by atoms with Gasteiger partial charge >= 0.3 is 13.6 Å². The van der Waals surface area contributed by atoms with Crippen LogP contribution in [0.3, 0.4) is 0 Å². The van der Waals surface area contributed by atoms with Gasteiger partial charge in [-0.05, 0) is 0 Å². The molecule has 7 rings (SSSR count). The van der Waals surface area contributed by atoms with Gasteiger partial charge in [-0.15, -0.1) is 0 Å². The molecule has 20 nitrogen and oxygen atoms in total. The number of thiol groups is 2. The molecular weight excluding hydrogens is 666 g/mol. The fourth-order valence-corrected chi connectivity index (χ4v) is 8.17. The lowest BCUT2D eigenvalue weighted by molar-refractivity contribution is -0.0575. The summed E-state index contributed by atoms with van der Waals surface area (Å²) in [7, 11) is 0. The van der Waals surface area contributed by atoms with Crippen molar-refractivity contribution < 1.29 is 46.9 Å². The third-order valence-electron chi connectivity index (χ3n) is 7.26. The smallest absolute Gasteiger partial charge is 0.386 e. The lowest BCUT2D eigenvalue weighted by atomic mass is 10.1. The highest BCUT2D eigenvalue weighted by Gasteiger charge is 2.53. The van der Waals surface area contributed by atoms with Crippen LogP contribution in [-0.4, -0.2) is 99.1 Å². The summed E-state index contributed by atoms with van der Waals surface area (Å²) in [5.74, 6) is 0.191.